The van der Waals surface area contributed by atoms with E-state index in [9.17, 15) is 19.2 Å². The lowest BCUT2D eigenvalue weighted by molar-refractivity contribution is -0.129. The van der Waals surface area contributed by atoms with Crippen molar-refractivity contribution < 1.29 is 18.9 Å². The van der Waals surface area contributed by atoms with Gasteiger partial charge < -0.3 is 10.6 Å². The molecule has 2 heterocycles. The molecular formula is C19H30FN5O3. The molecule has 1 aliphatic carbocycles. The van der Waals surface area contributed by atoms with Crippen molar-refractivity contribution in [1.82, 2.24) is 21.6 Å². The minimum Gasteiger partial charge on any atom is -0.352 e. The van der Waals surface area contributed by atoms with Gasteiger partial charge in [-0.15, -0.1) is 0 Å². The van der Waals surface area contributed by atoms with Crippen molar-refractivity contribution >= 4 is 11.8 Å². The van der Waals surface area contributed by atoms with Gasteiger partial charge in [0.25, 0.3) is 0 Å². The van der Waals surface area contributed by atoms with Gasteiger partial charge in [-0.05, 0) is 38.0 Å². The van der Waals surface area contributed by atoms with Crippen LogP contribution < -0.4 is 21.6 Å². The summed E-state index contributed by atoms with van der Waals surface area (Å²) >= 11 is 0. The van der Waals surface area contributed by atoms with E-state index < -0.39 is 18.3 Å². The molecular weight excluding hydrogens is 365 g/mol. The molecule has 1 saturated carbocycles. The summed E-state index contributed by atoms with van der Waals surface area (Å²) < 4.78 is 14.3. The topological polar surface area (TPSA) is 115 Å². The van der Waals surface area contributed by atoms with E-state index in [0.29, 0.717) is 12.8 Å². The highest BCUT2D eigenvalue weighted by molar-refractivity contribution is 5.82. The normalized spacial score (nSPS) is 41.1. The largest absolute Gasteiger partial charge is 0.352 e. The number of carbonyl (C=O) groups is 2. The summed E-state index contributed by atoms with van der Waals surface area (Å²) in [6.45, 7) is 3.80. The molecule has 4 N–H and O–H groups in total. The summed E-state index contributed by atoms with van der Waals surface area (Å²) in [6.07, 6.45) is 2.64. The number of carbonyl (C=O) groups excluding carboxylic acids is 2. The van der Waals surface area contributed by atoms with Gasteiger partial charge in [0, 0.05) is 18.4 Å². The number of hydrogen-bond acceptors (Lipinski definition) is 6. The molecule has 28 heavy (non-hydrogen) atoms. The van der Waals surface area contributed by atoms with Crippen molar-refractivity contribution in [1.29, 1.82) is 5.26 Å². The number of amides is 2. The summed E-state index contributed by atoms with van der Waals surface area (Å²) in [7, 11) is 0. The molecule has 2 saturated heterocycles. The smallest absolute Gasteiger partial charge is 0.237 e. The van der Waals surface area contributed by atoms with Crippen LogP contribution >= 0.6 is 0 Å². The number of hydroxylamine groups is 2. The van der Waals surface area contributed by atoms with Gasteiger partial charge in [0.05, 0.1) is 12.1 Å². The molecule has 2 aliphatic heterocycles. The van der Waals surface area contributed by atoms with E-state index in [1.165, 1.54) is 0 Å². The van der Waals surface area contributed by atoms with Gasteiger partial charge in [0.1, 0.15) is 18.3 Å². The first-order chi connectivity index (χ1) is 13.4. The first-order valence-corrected chi connectivity index (χ1v) is 10.2. The highest BCUT2D eigenvalue weighted by atomic mass is 19.1. The third-order valence-electron chi connectivity index (χ3n) is 6.59. The third-order valence-corrected chi connectivity index (χ3v) is 6.59. The number of nitrogens with one attached hydrogen (secondary N) is 4. The van der Waals surface area contributed by atoms with E-state index in [4.69, 9.17) is 4.94 Å². The molecule has 0 radical (unpaired) electrons. The van der Waals surface area contributed by atoms with Crippen LogP contribution in [-0.2, 0) is 14.5 Å². The molecule has 8 unspecified atom stereocenters. The molecule has 156 valence electrons. The molecule has 0 aromatic heterocycles. The van der Waals surface area contributed by atoms with Gasteiger partial charge in [0.15, 0.2) is 0 Å². The zero-order valence-corrected chi connectivity index (χ0v) is 16.4. The summed E-state index contributed by atoms with van der Waals surface area (Å²) in [6, 6.07) is 1.67. The number of nitriles is 1. The Hall–Kier alpha value is -1.76. The molecule has 0 bridgehead atoms. The number of hydrogen-bond donors (Lipinski definition) is 4. The second-order valence-electron chi connectivity index (χ2n) is 8.34. The third kappa shape index (κ3) is 4.45. The summed E-state index contributed by atoms with van der Waals surface area (Å²) in [5.74, 6) is -1.35. The van der Waals surface area contributed by atoms with E-state index in [1.54, 1.807) is 0 Å². The van der Waals surface area contributed by atoms with Gasteiger partial charge in [-0.2, -0.15) is 16.2 Å². The lowest BCUT2D eigenvalue weighted by Crippen LogP contribution is -2.54. The maximum atomic E-state index is 14.3. The van der Waals surface area contributed by atoms with Crippen molar-refractivity contribution in [3.05, 3.63) is 0 Å². The Morgan fingerprint density at radius 2 is 2.07 bits per heavy atom. The van der Waals surface area contributed by atoms with Crippen molar-refractivity contribution in [2.24, 2.45) is 23.7 Å². The standard InChI is InChI=1S/C19H30FN5O3/c1-10-12(11(2)22-19(27)14(10)9-21)7-8-16(26)23-18-17(24-28-25-18)13-5-3-4-6-15(13)20/h10-15,17-18,24-25H,3-8H2,1-2H3,(H,22,27)(H,23,26). The molecule has 9 heteroatoms. The summed E-state index contributed by atoms with van der Waals surface area (Å²) in [5, 5.41) is 15.0. The van der Waals surface area contributed by atoms with Gasteiger partial charge in [-0.3, -0.25) is 9.59 Å². The molecule has 8 nitrogen and oxygen atoms in total. The van der Waals surface area contributed by atoms with Gasteiger partial charge in [-0.25, -0.2) is 9.33 Å². The first-order valence-electron chi connectivity index (χ1n) is 10.2. The van der Waals surface area contributed by atoms with Crippen LogP contribution in [0.5, 0.6) is 0 Å². The molecule has 3 rings (SSSR count). The van der Waals surface area contributed by atoms with Gasteiger partial charge in [-0.1, -0.05) is 19.8 Å². The number of alkyl halides is 1. The van der Waals surface area contributed by atoms with Crippen molar-refractivity contribution in [2.45, 2.75) is 76.8 Å². The molecule has 0 aromatic carbocycles. The van der Waals surface area contributed by atoms with Crippen molar-refractivity contribution in [3.63, 3.8) is 0 Å². The van der Waals surface area contributed by atoms with Crippen LogP contribution in [0.2, 0.25) is 0 Å². The second kappa shape index (κ2) is 9.16. The lowest BCUT2D eigenvalue weighted by Gasteiger charge is -2.37. The molecule has 0 spiro atoms. The second-order valence-corrected chi connectivity index (χ2v) is 8.34. The van der Waals surface area contributed by atoms with Gasteiger partial charge >= 0.3 is 0 Å². The van der Waals surface area contributed by atoms with E-state index in [1.807, 2.05) is 13.8 Å². The Labute approximate surface area is 164 Å². The van der Waals surface area contributed by atoms with Crippen LogP contribution in [0.4, 0.5) is 4.39 Å². The zero-order chi connectivity index (χ0) is 20.3. The van der Waals surface area contributed by atoms with E-state index in [0.717, 1.165) is 19.3 Å². The average molecular weight is 395 g/mol. The monoisotopic (exact) mass is 395 g/mol. The first kappa shape index (κ1) is 21.0. The molecule has 2 amide bonds. The Kier molecular flexibility index (Phi) is 6.86. The maximum absolute atomic E-state index is 14.3. The van der Waals surface area contributed by atoms with Crippen LogP contribution in [0, 0.1) is 35.0 Å². The SMILES string of the molecule is CC1NC(=O)C(C#N)C(C)C1CCC(=O)NC1NONC1C1CCCCC1F. The number of rotatable bonds is 5. The minimum atomic E-state index is -0.899. The van der Waals surface area contributed by atoms with E-state index in [2.05, 4.69) is 27.7 Å². The van der Waals surface area contributed by atoms with E-state index >= 15 is 0 Å². The van der Waals surface area contributed by atoms with Crippen molar-refractivity contribution in [2.75, 3.05) is 0 Å². The Bertz CT molecular complexity index is 627. The minimum absolute atomic E-state index is 0.0448. The predicted octanol–water partition coefficient (Wildman–Crippen LogP) is 1.06. The fraction of sp³-hybridized carbons (Fsp3) is 0.842. The zero-order valence-electron chi connectivity index (χ0n) is 16.4. The summed E-state index contributed by atoms with van der Waals surface area (Å²) in [5.41, 5.74) is 5.52. The van der Waals surface area contributed by atoms with Crippen LogP contribution in [0.1, 0.15) is 52.4 Å². The number of halogens is 1. The Balaban J connectivity index is 1.52. The highest BCUT2D eigenvalue weighted by Crippen LogP contribution is 2.33. The van der Waals surface area contributed by atoms with E-state index in [-0.39, 0.29) is 48.1 Å². The quantitative estimate of drug-likeness (QED) is 0.553. The fourth-order valence-corrected chi connectivity index (χ4v) is 4.87. The maximum Gasteiger partial charge on any atom is 0.237 e. The summed E-state index contributed by atoms with van der Waals surface area (Å²) in [4.78, 5) is 29.5. The number of piperidine rings is 1. The lowest BCUT2D eigenvalue weighted by atomic mass is 9.74. The van der Waals surface area contributed by atoms with Crippen molar-refractivity contribution in [3.8, 4) is 6.07 Å². The predicted molar refractivity (Wildman–Crippen MR) is 98.5 cm³/mol. The molecule has 0 aromatic rings. The average Bonchev–Trinajstić information content (AvgIpc) is 3.09. The van der Waals surface area contributed by atoms with Gasteiger partial charge in [0.2, 0.25) is 11.8 Å². The Morgan fingerprint density at radius 1 is 1.32 bits per heavy atom. The van der Waals surface area contributed by atoms with Crippen LogP contribution in [0.25, 0.3) is 0 Å². The Morgan fingerprint density at radius 3 is 2.79 bits per heavy atom. The number of nitrogens with zero attached hydrogens (tertiary/aromatic N) is 1. The molecule has 8 atom stereocenters. The fourth-order valence-electron chi connectivity index (χ4n) is 4.87. The molecule has 3 fully saturated rings. The van der Waals surface area contributed by atoms with Crippen LogP contribution in [-0.4, -0.2) is 36.2 Å². The highest BCUT2D eigenvalue weighted by Gasteiger charge is 2.42. The molecule has 3 aliphatic rings. The van der Waals surface area contributed by atoms with Crippen LogP contribution in [0.15, 0.2) is 0 Å². The van der Waals surface area contributed by atoms with Crippen LogP contribution in [0.3, 0.4) is 0 Å².